The van der Waals surface area contributed by atoms with Gasteiger partial charge in [0.2, 0.25) is 0 Å². The van der Waals surface area contributed by atoms with Crippen LogP contribution in [-0.2, 0) is 6.42 Å². The van der Waals surface area contributed by atoms with Crippen LogP contribution in [0.3, 0.4) is 0 Å². The number of hydrogen-bond acceptors (Lipinski definition) is 5. The Bertz CT molecular complexity index is 708. The molecule has 0 fully saturated rings. The number of rotatable bonds is 4. The number of oxazole rings is 1. The number of nitrogens with zero attached hydrogens (tertiary/aromatic N) is 3. The van der Waals surface area contributed by atoms with E-state index in [0.29, 0.717) is 11.7 Å². The number of anilines is 2. The molecule has 3 rings (SSSR count). The fourth-order valence-corrected chi connectivity index (χ4v) is 2.06. The van der Waals surface area contributed by atoms with Gasteiger partial charge in [0.15, 0.2) is 5.58 Å². The van der Waals surface area contributed by atoms with E-state index < -0.39 is 0 Å². The summed E-state index contributed by atoms with van der Waals surface area (Å²) in [5, 5.41) is 0. The highest BCUT2D eigenvalue weighted by Crippen LogP contribution is 2.25. The minimum absolute atomic E-state index is 0.590. The molecule has 0 amide bonds. The van der Waals surface area contributed by atoms with Gasteiger partial charge in [0.05, 0.1) is 5.69 Å². The van der Waals surface area contributed by atoms with Crippen molar-refractivity contribution >= 4 is 22.8 Å². The van der Waals surface area contributed by atoms with Gasteiger partial charge < -0.3 is 15.1 Å². The minimum atomic E-state index is 0.590. The van der Waals surface area contributed by atoms with Crippen LogP contribution in [0.25, 0.3) is 11.1 Å². The summed E-state index contributed by atoms with van der Waals surface area (Å²) < 4.78 is 5.72. The lowest BCUT2D eigenvalue weighted by atomic mass is 10.2. The molecular weight excluding hydrogens is 252 g/mol. The second-order valence-corrected chi connectivity index (χ2v) is 4.72. The quantitative estimate of drug-likeness (QED) is 0.736. The summed E-state index contributed by atoms with van der Waals surface area (Å²) >= 11 is 0. The largest absolute Gasteiger partial charge is 0.423 e. The molecule has 0 unspecified atom stereocenters. The smallest absolute Gasteiger partial charge is 0.298 e. The molecule has 0 aliphatic rings. The maximum atomic E-state index is 5.89. The van der Waals surface area contributed by atoms with Gasteiger partial charge in [-0.2, -0.15) is 4.98 Å². The van der Waals surface area contributed by atoms with Gasteiger partial charge in [-0.1, -0.05) is 6.07 Å². The van der Waals surface area contributed by atoms with E-state index in [2.05, 4.69) is 9.97 Å². The third-order valence-corrected chi connectivity index (χ3v) is 3.25. The second-order valence-electron chi connectivity index (χ2n) is 4.72. The van der Waals surface area contributed by atoms with Crippen molar-refractivity contribution in [3.05, 3.63) is 48.3 Å². The number of likely N-dealkylation sites (N-methyl/N-ethyl adjacent to an activating group) is 1. The molecule has 0 spiro atoms. The summed E-state index contributed by atoms with van der Waals surface area (Å²) in [6.45, 7) is 0.816. The number of fused-ring (bicyclic) bond motifs is 1. The average Bonchev–Trinajstić information content (AvgIpc) is 2.91. The van der Waals surface area contributed by atoms with Crippen LogP contribution in [0.15, 0.2) is 47.1 Å². The van der Waals surface area contributed by atoms with Crippen molar-refractivity contribution in [1.82, 2.24) is 9.97 Å². The van der Waals surface area contributed by atoms with Crippen LogP contribution in [0.1, 0.15) is 5.56 Å². The highest BCUT2D eigenvalue weighted by atomic mass is 16.4. The van der Waals surface area contributed by atoms with Gasteiger partial charge in [-0.05, 0) is 36.2 Å². The summed E-state index contributed by atoms with van der Waals surface area (Å²) in [6.07, 6.45) is 4.51. The molecule has 0 saturated heterocycles. The zero-order valence-electron chi connectivity index (χ0n) is 11.3. The van der Waals surface area contributed by atoms with E-state index in [4.69, 9.17) is 10.2 Å². The first-order chi connectivity index (χ1) is 9.74. The van der Waals surface area contributed by atoms with E-state index in [1.54, 1.807) is 12.4 Å². The third kappa shape index (κ3) is 2.42. The van der Waals surface area contributed by atoms with Crippen molar-refractivity contribution < 1.29 is 4.42 Å². The predicted octanol–water partition coefficient (Wildman–Crippen LogP) is 2.48. The zero-order chi connectivity index (χ0) is 13.9. The first-order valence-corrected chi connectivity index (χ1v) is 6.49. The Balaban J connectivity index is 1.75. The van der Waals surface area contributed by atoms with E-state index in [1.807, 2.05) is 42.3 Å². The minimum Gasteiger partial charge on any atom is -0.423 e. The van der Waals surface area contributed by atoms with Crippen molar-refractivity contribution in [2.75, 3.05) is 24.2 Å². The van der Waals surface area contributed by atoms with Crippen molar-refractivity contribution in [1.29, 1.82) is 0 Å². The Morgan fingerprint density at radius 3 is 2.75 bits per heavy atom. The van der Waals surface area contributed by atoms with Gasteiger partial charge in [0, 0.05) is 26.0 Å². The summed E-state index contributed by atoms with van der Waals surface area (Å²) in [7, 11) is 1.96. The molecule has 0 bridgehead atoms. The number of pyridine rings is 1. The fourth-order valence-electron chi connectivity index (χ4n) is 2.06. The van der Waals surface area contributed by atoms with E-state index in [9.17, 15) is 0 Å². The van der Waals surface area contributed by atoms with Gasteiger partial charge >= 0.3 is 0 Å². The maximum Gasteiger partial charge on any atom is 0.298 e. The van der Waals surface area contributed by atoms with Crippen LogP contribution in [0.4, 0.5) is 11.7 Å². The van der Waals surface area contributed by atoms with Crippen molar-refractivity contribution in [2.45, 2.75) is 6.42 Å². The summed E-state index contributed by atoms with van der Waals surface area (Å²) in [4.78, 5) is 10.4. The van der Waals surface area contributed by atoms with E-state index >= 15 is 0 Å². The first kappa shape index (κ1) is 12.5. The molecule has 3 aromatic rings. The molecule has 2 heterocycles. The zero-order valence-corrected chi connectivity index (χ0v) is 11.3. The molecule has 20 heavy (non-hydrogen) atoms. The van der Waals surface area contributed by atoms with Gasteiger partial charge in [0.1, 0.15) is 5.52 Å². The van der Waals surface area contributed by atoms with Crippen molar-refractivity contribution in [3.8, 4) is 0 Å². The lowest BCUT2D eigenvalue weighted by Gasteiger charge is -2.13. The second kappa shape index (κ2) is 5.21. The number of nitrogens with two attached hydrogens (primary N) is 1. The number of benzene rings is 1. The van der Waals surface area contributed by atoms with Gasteiger partial charge in [0.25, 0.3) is 6.01 Å². The summed E-state index contributed by atoms with van der Waals surface area (Å²) in [5.41, 5.74) is 9.20. The van der Waals surface area contributed by atoms with E-state index in [-0.39, 0.29) is 0 Å². The molecule has 0 saturated carbocycles. The highest BCUT2D eigenvalue weighted by Gasteiger charge is 2.11. The summed E-state index contributed by atoms with van der Waals surface area (Å²) in [5.74, 6) is 0. The summed E-state index contributed by atoms with van der Waals surface area (Å²) in [6, 6.07) is 10.2. The Hall–Kier alpha value is -2.56. The number of nitrogen functional groups attached to an aromatic ring is 1. The Morgan fingerprint density at radius 2 is 2.00 bits per heavy atom. The van der Waals surface area contributed by atoms with Crippen LogP contribution in [0, 0.1) is 0 Å². The molecule has 0 radical (unpaired) electrons. The molecule has 5 heteroatoms. The van der Waals surface area contributed by atoms with Crippen LogP contribution in [-0.4, -0.2) is 23.6 Å². The number of para-hydroxylation sites is 1. The maximum absolute atomic E-state index is 5.89. The van der Waals surface area contributed by atoms with Crippen LogP contribution in [0.5, 0.6) is 0 Å². The van der Waals surface area contributed by atoms with Crippen LogP contribution >= 0.6 is 0 Å². The molecule has 0 aliphatic carbocycles. The Kier molecular flexibility index (Phi) is 3.25. The third-order valence-electron chi connectivity index (χ3n) is 3.25. The molecule has 2 N–H and O–H groups in total. The number of aromatic nitrogens is 2. The van der Waals surface area contributed by atoms with Crippen molar-refractivity contribution in [3.63, 3.8) is 0 Å². The molecule has 2 aromatic heterocycles. The van der Waals surface area contributed by atoms with Gasteiger partial charge in [-0.3, -0.25) is 4.98 Å². The predicted molar refractivity (Wildman–Crippen MR) is 79.6 cm³/mol. The number of hydrogen-bond donors (Lipinski definition) is 1. The standard InChI is InChI=1S/C15H16N4O/c1-19(10-7-11-5-8-17-9-6-11)15-18-14-12(16)3-2-4-13(14)20-15/h2-6,8-9H,7,10,16H2,1H3. The van der Waals surface area contributed by atoms with Gasteiger partial charge in [-0.25, -0.2) is 0 Å². The molecule has 5 nitrogen and oxygen atoms in total. The fraction of sp³-hybridized carbons (Fsp3) is 0.200. The molecule has 1 aromatic carbocycles. The van der Waals surface area contributed by atoms with Crippen LogP contribution < -0.4 is 10.6 Å². The first-order valence-electron chi connectivity index (χ1n) is 6.49. The Labute approximate surface area is 117 Å². The monoisotopic (exact) mass is 268 g/mol. The molecule has 0 atom stereocenters. The van der Waals surface area contributed by atoms with E-state index in [0.717, 1.165) is 24.1 Å². The molecular formula is C15H16N4O. The average molecular weight is 268 g/mol. The Morgan fingerprint density at radius 1 is 1.20 bits per heavy atom. The van der Waals surface area contributed by atoms with Gasteiger partial charge in [-0.15, -0.1) is 0 Å². The lowest BCUT2D eigenvalue weighted by Crippen LogP contribution is -2.20. The highest BCUT2D eigenvalue weighted by molar-refractivity contribution is 5.86. The normalized spacial score (nSPS) is 10.8. The lowest BCUT2D eigenvalue weighted by molar-refractivity contribution is 0.583. The SMILES string of the molecule is CN(CCc1ccncc1)c1nc2c(N)cccc2o1. The van der Waals surface area contributed by atoms with Crippen molar-refractivity contribution in [2.24, 2.45) is 0 Å². The molecule has 0 aliphatic heterocycles. The molecule has 102 valence electrons. The van der Waals surface area contributed by atoms with Crippen LogP contribution in [0.2, 0.25) is 0 Å². The topological polar surface area (TPSA) is 68.2 Å². The van der Waals surface area contributed by atoms with E-state index in [1.165, 1.54) is 5.56 Å².